The van der Waals surface area contributed by atoms with Crippen molar-refractivity contribution in [2.24, 2.45) is 0 Å². The van der Waals surface area contributed by atoms with Crippen LogP contribution < -0.4 is 0 Å². The number of hydrogen-bond donors (Lipinski definition) is 2. The zero-order valence-electron chi connectivity index (χ0n) is 10.6. The van der Waals surface area contributed by atoms with Crippen LogP contribution in [0.1, 0.15) is 40.4 Å². The number of aromatic nitrogens is 1. The highest BCUT2D eigenvalue weighted by Gasteiger charge is 2.36. The van der Waals surface area contributed by atoms with Crippen LogP contribution in [-0.4, -0.2) is 21.2 Å². The van der Waals surface area contributed by atoms with E-state index in [0.29, 0.717) is 5.56 Å². The minimum Gasteiger partial charge on any atom is -0.507 e. The molecule has 1 aromatic carbocycles. The van der Waals surface area contributed by atoms with Gasteiger partial charge in [0.2, 0.25) is 0 Å². The molecule has 0 saturated heterocycles. The topological polar surface area (TPSA) is 70.4 Å². The maximum atomic E-state index is 13.2. The third-order valence-corrected chi connectivity index (χ3v) is 3.49. The van der Waals surface area contributed by atoms with Crippen LogP contribution in [-0.2, 0) is 6.18 Å². The van der Waals surface area contributed by atoms with Crippen molar-refractivity contribution in [3.8, 4) is 5.75 Å². The van der Waals surface area contributed by atoms with Crippen LogP contribution >= 0.6 is 0 Å². The fraction of sp³-hybridized carbons (Fsp3) is 0.286. The summed E-state index contributed by atoms with van der Waals surface area (Å²) in [5.74, 6) is -1.94. The Morgan fingerprint density at radius 3 is 2.43 bits per heavy atom. The molecule has 0 spiro atoms. The molecular formula is C14H10F3NO3. The standard InChI is InChI=1S/C14H10F3NO3/c15-14(16,17)9-4-7(6-1-2-6)3-8-11(19)5-10(13(20)21)18-12(8)9/h3-6H,1-2H2,(H,18,19)(H,20,21). The lowest BCUT2D eigenvalue weighted by Crippen LogP contribution is -2.09. The number of carboxylic acids is 1. The van der Waals surface area contributed by atoms with Crippen LogP contribution in [0, 0.1) is 0 Å². The predicted molar refractivity (Wildman–Crippen MR) is 67.3 cm³/mol. The van der Waals surface area contributed by atoms with Gasteiger partial charge in [-0.05, 0) is 36.5 Å². The monoisotopic (exact) mass is 297 g/mol. The Morgan fingerprint density at radius 1 is 1.24 bits per heavy atom. The third kappa shape index (κ3) is 2.39. The quantitative estimate of drug-likeness (QED) is 0.889. The van der Waals surface area contributed by atoms with Gasteiger partial charge in [0.25, 0.3) is 0 Å². The van der Waals surface area contributed by atoms with E-state index >= 15 is 0 Å². The number of fused-ring (bicyclic) bond motifs is 1. The van der Waals surface area contributed by atoms with Gasteiger partial charge in [0.1, 0.15) is 5.75 Å². The molecule has 0 atom stereocenters. The molecule has 1 heterocycles. The number of carbonyl (C=O) groups is 1. The fourth-order valence-corrected chi connectivity index (χ4v) is 2.31. The van der Waals surface area contributed by atoms with Crippen LogP contribution in [0.5, 0.6) is 5.75 Å². The van der Waals surface area contributed by atoms with Crippen LogP contribution in [0.25, 0.3) is 10.9 Å². The number of pyridine rings is 1. The van der Waals surface area contributed by atoms with E-state index in [1.54, 1.807) is 0 Å². The second-order valence-electron chi connectivity index (χ2n) is 5.07. The summed E-state index contributed by atoms with van der Waals surface area (Å²) in [4.78, 5) is 14.4. The summed E-state index contributed by atoms with van der Waals surface area (Å²) < 4.78 is 39.5. The molecule has 2 N–H and O–H groups in total. The molecule has 0 unspecified atom stereocenters. The highest BCUT2D eigenvalue weighted by atomic mass is 19.4. The molecule has 0 radical (unpaired) electrons. The predicted octanol–water partition coefficient (Wildman–Crippen LogP) is 3.53. The number of nitrogens with zero attached hydrogens (tertiary/aromatic N) is 1. The molecule has 21 heavy (non-hydrogen) atoms. The lowest BCUT2D eigenvalue weighted by molar-refractivity contribution is -0.136. The van der Waals surface area contributed by atoms with Gasteiger partial charge in [0.15, 0.2) is 5.69 Å². The molecule has 7 heteroatoms. The zero-order chi connectivity index (χ0) is 15.4. The van der Waals surface area contributed by atoms with Crippen molar-refractivity contribution < 1.29 is 28.2 Å². The first kappa shape index (κ1) is 13.7. The Labute approximate surface area is 116 Å². The number of halogens is 3. The van der Waals surface area contributed by atoms with Gasteiger partial charge in [0, 0.05) is 11.5 Å². The smallest absolute Gasteiger partial charge is 0.418 e. The molecule has 1 aromatic heterocycles. The Bertz CT molecular complexity index is 751. The number of aromatic carboxylic acids is 1. The van der Waals surface area contributed by atoms with Gasteiger partial charge in [-0.25, -0.2) is 9.78 Å². The van der Waals surface area contributed by atoms with Gasteiger partial charge in [-0.1, -0.05) is 0 Å². The number of carboxylic acid groups (broad SMARTS) is 1. The van der Waals surface area contributed by atoms with Crippen molar-refractivity contribution in [1.82, 2.24) is 4.98 Å². The average molecular weight is 297 g/mol. The van der Waals surface area contributed by atoms with E-state index < -0.39 is 34.7 Å². The van der Waals surface area contributed by atoms with Crippen molar-refractivity contribution in [2.75, 3.05) is 0 Å². The lowest BCUT2D eigenvalue weighted by Gasteiger charge is -2.13. The zero-order valence-corrected chi connectivity index (χ0v) is 10.6. The summed E-state index contributed by atoms with van der Waals surface area (Å²) in [5, 5.41) is 18.6. The molecule has 0 amide bonds. The van der Waals surface area contributed by atoms with Gasteiger partial charge < -0.3 is 10.2 Å². The third-order valence-electron chi connectivity index (χ3n) is 3.49. The van der Waals surface area contributed by atoms with Crippen LogP contribution in [0.4, 0.5) is 13.2 Å². The molecule has 4 nitrogen and oxygen atoms in total. The normalized spacial score (nSPS) is 15.4. The Morgan fingerprint density at radius 2 is 1.90 bits per heavy atom. The minimum absolute atomic E-state index is 0.0639. The second kappa shape index (κ2) is 4.34. The van der Waals surface area contributed by atoms with Gasteiger partial charge in [0.05, 0.1) is 11.1 Å². The van der Waals surface area contributed by atoms with Crippen molar-refractivity contribution in [1.29, 1.82) is 0 Å². The van der Waals surface area contributed by atoms with Crippen molar-refractivity contribution in [3.05, 3.63) is 35.0 Å². The molecule has 0 aliphatic heterocycles. The van der Waals surface area contributed by atoms with Crippen molar-refractivity contribution in [3.63, 3.8) is 0 Å². The molecule has 0 bridgehead atoms. The molecule has 110 valence electrons. The van der Waals surface area contributed by atoms with Crippen molar-refractivity contribution >= 4 is 16.9 Å². The first-order chi connectivity index (χ1) is 9.77. The highest BCUT2D eigenvalue weighted by Crippen LogP contribution is 2.45. The first-order valence-electron chi connectivity index (χ1n) is 6.25. The van der Waals surface area contributed by atoms with E-state index in [4.69, 9.17) is 5.11 Å². The van der Waals surface area contributed by atoms with Gasteiger partial charge in [-0.3, -0.25) is 0 Å². The molecule has 1 fully saturated rings. The van der Waals surface area contributed by atoms with Gasteiger partial charge in [-0.2, -0.15) is 13.2 Å². The summed E-state index contributed by atoms with van der Waals surface area (Å²) in [7, 11) is 0. The number of rotatable bonds is 2. The summed E-state index contributed by atoms with van der Waals surface area (Å²) >= 11 is 0. The maximum absolute atomic E-state index is 13.2. The second-order valence-corrected chi connectivity index (χ2v) is 5.07. The van der Waals surface area contributed by atoms with Crippen LogP contribution in [0.2, 0.25) is 0 Å². The molecule has 1 saturated carbocycles. The van der Waals surface area contributed by atoms with E-state index in [9.17, 15) is 23.1 Å². The first-order valence-corrected chi connectivity index (χ1v) is 6.25. The van der Waals surface area contributed by atoms with E-state index in [1.165, 1.54) is 6.07 Å². The summed E-state index contributed by atoms with van der Waals surface area (Å²) in [6.45, 7) is 0. The fourth-order valence-electron chi connectivity index (χ4n) is 2.31. The minimum atomic E-state index is -4.67. The number of alkyl halides is 3. The SMILES string of the molecule is O=C(O)c1cc(O)c2cc(C3CC3)cc(C(F)(F)F)c2n1. The summed E-state index contributed by atoms with van der Waals surface area (Å²) in [6, 6.07) is 3.32. The Kier molecular flexibility index (Phi) is 2.82. The Hall–Kier alpha value is -2.31. The van der Waals surface area contributed by atoms with Gasteiger partial charge >= 0.3 is 12.1 Å². The number of hydrogen-bond acceptors (Lipinski definition) is 3. The van der Waals surface area contributed by atoms with Crippen LogP contribution in [0.3, 0.4) is 0 Å². The number of benzene rings is 1. The van der Waals surface area contributed by atoms with E-state index in [1.807, 2.05) is 0 Å². The molecule has 2 aromatic rings. The highest BCUT2D eigenvalue weighted by molar-refractivity contribution is 5.94. The van der Waals surface area contributed by atoms with E-state index in [-0.39, 0.29) is 11.3 Å². The lowest BCUT2D eigenvalue weighted by atomic mass is 10.0. The largest absolute Gasteiger partial charge is 0.507 e. The molecule has 1 aliphatic rings. The maximum Gasteiger partial charge on any atom is 0.418 e. The average Bonchev–Trinajstić information content (AvgIpc) is 3.20. The molecule has 1 aliphatic carbocycles. The number of aromatic hydroxyl groups is 1. The Balaban J connectivity index is 2.36. The van der Waals surface area contributed by atoms with Crippen LogP contribution in [0.15, 0.2) is 18.2 Å². The summed E-state index contributed by atoms with van der Waals surface area (Å²) in [5.41, 5.74) is -1.68. The molecular weight excluding hydrogens is 287 g/mol. The van der Waals surface area contributed by atoms with E-state index in [0.717, 1.165) is 25.0 Å². The molecule has 3 rings (SSSR count). The van der Waals surface area contributed by atoms with Crippen molar-refractivity contribution in [2.45, 2.75) is 24.9 Å². The summed E-state index contributed by atoms with van der Waals surface area (Å²) in [6.07, 6.45) is -3.05. The van der Waals surface area contributed by atoms with Gasteiger partial charge in [-0.15, -0.1) is 0 Å². The van der Waals surface area contributed by atoms with E-state index in [2.05, 4.69) is 4.98 Å².